The Morgan fingerprint density at radius 2 is 1.77 bits per heavy atom. The molecule has 0 aliphatic carbocycles. The summed E-state index contributed by atoms with van der Waals surface area (Å²) < 4.78 is 10.4. The number of Topliss-reactive ketones (excluding diaryl/α,β-unsaturated/α-hetero) is 1. The molecule has 0 atom stereocenters. The summed E-state index contributed by atoms with van der Waals surface area (Å²) in [5, 5.41) is 3.24. The van der Waals surface area contributed by atoms with E-state index in [1.165, 1.54) is 0 Å². The van der Waals surface area contributed by atoms with E-state index >= 15 is 0 Å². The van der Waals surface area contributed by atoms with Gasteiger partial charge in [-0.2, -0.15) is 0 Å². The Hall–Kier alpha value is -2.82. The normalized spacial score (nSPS) is 10.9. The fourth-order valence-corrected chi connectivity index (χ4v) is 2.22. The van der Waals surface area contributed by atoms with Crippen molar-refractivity contribution in [2.45, 2.75) is 27.3 Å². The lowest BCUT2D eigenvalue weighted by molar-refractivity contribution is -0.129. The first-order chi connectivity index (χ1) is 12.3. The van der Waals surface area contributed by atoms with Gasteiger partial charge in [-0.25, -0.2) is 4.79 Å². The minimum absolute atomic E-state index is 0.118. The van der Waals surface area contributed by atoms with Gasteiger partial charge in [0.05, 0.1) is 12.7 Å². The summed E-state index contributed by atoms with van der Waals surface area (Å²) in [7, 11) is 1.62. The zero-order valence-electron chi connectivity index (χ0n) is 15.7. The van der Waals surface area contributed by atoms with Gasteiger partial charge in [-0.3, -0.25) is 4.79 Å². The average Bonchev–Trinajstić information content (AvgIpc) is 2.63. The molecule has 5 heteroatoms. The van der Waals surface area contributed by atoms with E-state index in [1.807, 2.05) is 36.4 Å². The second-order valence-electron chi connectivity index (χ2n) is 7.00. The Kier molecular flexibility index (Phi) is 6.39. The second kappa shape index (κ2) is 8.52. The molecule has 2 aromatic rings. The number of anilines is 1. The Labute approximate surface area is 154 Å². The quantitative estimate of drug-likeness (QED) is 0.758. The van der Waals surface area contributed by atoms with Gasteiger partial charge in [-0.1, -0.05) is 45.0 Å². The third kappa shape index (κ3) is 5.34. The van der Waals surface area contributed by atoms with E-state index in [2.05, 4.69) is 5.32 Å². The highest BCUT2D eigenvalue weighted by molar-refractivity contribution is 5.97. The van der Waals surface area contributed by atoms with Crippen molar-refractivity contribution in [1.82, 2.24) is 0 Å². The standard InChI is InChI=1S/C21H25NO4/c1-21(2,3)19(23)14-26-20(24)17-10-5-6-11-18(17)22-13-15-8-7-9-16(12-15)25-4/h5-12,22H,13-14H2,1-4H3. The number of para-hydroxylation sites is 1. The zero-order valence-corrected chi connectivity index (χ0v) is 15.7. The third-order valence-corrected chi connectivity index (χ3v) is 3.93. The van der Waals surface area contributed by atoms with E-state index in [1.54, 1.807) is 40.0 Å². The summed E-state index contributed by atoms with van der Waals surface area (Å²) in [6.07, 6.45) is 0. The summed E-state index contributed by atoms with van der Waals surface area (Å²) in [4.78, 5) is 24.3. The topological polar surface area (TPSA) is 64.6 Å². The largest absolute Gasteiger partial charge is 0.497 e. The van der Waals surface area contributed by atoms with Crippen LogP contribution in [0.15, 0.2) is 48.5 Å². The van der Waals surface area contributed by atoms with Gasteiger partial charge in [0.2, 0.25) is 0 Å². The molecule has 26 heavy (non-hydrogen) atoms. The van der Waals surface area contributed by atoms with Gasteiger partial charge in [-0.05, 0) is 29.8 Å². The van der Waals surface area contributed by atoms with Crippen LogP contribution in [0.3, 0.4) is 0 Å². The van der Waals surface area contributed by atoms with E-state index < -0.39 is 11.4 Å². The van der Waals surface area contributed by atoms with E-state index in [0.29, 0.717) is 17.8 Å². The molecule has 0 aromatic heterocycles. The van der Waals surface area contributed by atoms with Gasteiger partial charge >= 0.3 is 5.97 Å². The van der Waals surface area contributed by atoms with Gasteiger partial charge in [0.15, 0.2) is 12.4 Å². The van der Waals surface area contributed by atoms with Gasteiger partial charge in [0.25, 0.3) is 0 Å². The lowest BCUT2D eigenvalue weighted by atomic mass is 9.91. The molecule has 0 aliphatic rings. The number of hydrogen-bond acceptors (Lipinski definition) is 5. The molecule has 0 spiro atoms. The zero-order chi connectivity index (χ0) is 19.2. The highest BCUT2D eigenvalue weighted by Gasteiger charge is 2.23. The molecule has 0 aliphatic heterocycles. The van der Waals surface area contributed by atoms with Crippen molar-refractivity contribution in [2.75, 3.05) is 19.0 Å². The summed E-state index contributed by atoms with van der Waals surface area (Å²) in [5.74, 6) is 0.140. The van der Waals surface area contributed by atoms with Crippen molar-refractivity contribution in [3.05, 3.63) is 59.7 Å². The molecule has 1 N–H and O–H groups in total. The van der Waals surface area contributed by atoms with E-state index in [0.717, 1.165) is 11.3 Å². The van der Waals surface area contributed by atoms with Crippen molar-refractivity contribution in [1.29, 1.82) is 0 Å². The minimum atomic E-state index is -0.537. The number of carbonyl (C=O) groups is 2. The van der Waals surface area contributed by atoms with Crippen LogP contribution in [-0.4, -0.2) is 25.5 Å². The van der Waals surface area contributed by atoms with Gasteiger partial charge < -0.3 is 14.8 Å². The smallest absolute Gasteiger partial charge is 0.340 e. The van der Waals surface area contributed by atoms with Gasteiger partial charge in [0.1, 0.15) is 5.75 Å². The summed E-state index contributed by atoms with van der Waals surface area (Å²) in [5.41, 5.74) is 1.54. The van der Waals surface area contributed by atoms with Crippen molar-refractivity contribution in [2.24, 2.45) is 5.41 Å². The highest BCUT2D eigenvalue weighted by Crippen LogP contribution is 2.20. The number of methoxy groups -OCH3 is 1. The average molecular weight is 355 g/mol. The molecule has 2 rings (SSSR count). The summed E-state index contributed by atoms with van der Waals surface area (Å²) in [6, 6.07) is 14.8. The molecular formula is C21H25NO4. The second-order valence-corrected chi connectivity index (χ2v) is 7.00. The van der Waals surface area contributed by atoms with Crippen LogP contribution in [0.2, 0.25) is 0 Å². The van der Waals surface area contributed by atoms with E-state index in [4.69, 9.17) is 9.47 Å². The first-order valence-corrected chi connectivity index (χ1v) is 8.47. The maximum atomic E-state index is 12.4. The number of nitrogens with one attached hydrogen (secondary N) is 1. The molecule has 0 amide bonds. The van der Waals surface area contributed by atoms with Crippen LogP contribution in [0.4, 0.5) is 5.69 Å². The molecule has 0 saturated heterocycles. The van der Waals surface area contributed by atoms with Crippen LogP contribution < -0.4 is 10.1 Å². The maximum Gasteiger partial charge on any atom is 0.340 e. The number of carbonyl (C=O) groups excluding carboxylic acids is 2. The van der Waals surface area contributed by atoms with E-state index in [-0.39, 0.29) is 12.4 Å². The van der Waals surface area contributed by atoms with Gasteiger partial charge in [-0.15, -0.1) is 0 Å². The first-order valence-electron chi connectivity index (χ1n) is 8.47. The van der Waals surface area contributed by atoms with Crippen LogP contribution in [0.1, 0.15) is 36.7 Å². The van der Waals surface area contributed by atoms with Crippen LogP contribution >= 0.6 is 0 Å². The van der Waals surface area contributed by atoms with Crippen LogP contribution in [0.25, 0.3) is 0 Å². The maximum absolute atomic E-state index is 12.4. The van der Waals surface area contributed by atoms with Crippen molar-refractivity contribution in [3.8, 4) is 5.75 Å². The van der Waals surface area contributed by atoms with Gasteiger partial charge in [0, 0.05) is 17.6 Å². The molecule has 138 valence electrons. The molecule has 2 aromatic carbocycles. The number of ether oxygens (including phenoxy) is 2. The summed E-state index contributed by atoms with van der Waals surface area (Å²) >= 11 is 0. The molecule has 0 saturated carbocycles. The number of rotatable bonds is 7. The minimum Gasteiger partial charge on any atom is -0.497 e. The number of ketones is 1. The number of esters is 1. The SMILES string of the molecule is COc1cccc(CNc2ccccc2C(=O)OCC(=O)C(C)(C)C)c1. The number of benzene rings is 2. The van der Waals surface area contributed by atoms with Crippen molar-refractivity contribution >= 4 is 17.4 Å². The van der Waals surface area contributed by atoms with Crippen LogP contribution in [-0.2, 0) is 16.1 Å². The van der Waals surface area contributed by atoms with Crippen LogP contribution in [0, 0.1) is 5.41 Å². The fraction of sp³-hybridized carbons (Fsp3) is 0.333. The monoisotopic (exact) mass is 355 g/mol. The van der Waals surface area contributed by atoms with Crippen molar-refractivity contribution < 1.29 is 19.1 Å². The van der Waals surface area contributed by atoms with Crippen LogP contribution in [0.5, 0.6) is 5.75 Å². The lowest BCUT2D eigenvalue weighted by Crippen LogP contribution is -2.26. The Bertz CT molecular complexity index is 778. The third-order valence-electron chi connectivity index (χ3n) is 3.93. The molecule has 0 unspecified atom stereocenters. The summed E-state index contributed by atoms with van der Waals surface area (Å²) in [6.45, 7) is 5.70. The fourth-order valence-electron chi connectivity index (χ4n) is 2.22. The lowest BCUT2D eigenvalue weighted by Gasteiger charge is -2.17. The molecule has 0 heterocycles. The number of hydrogen-bond donors (Lipinski definition) is 1. The Morgan fingerprint density at radius 3 is 2.46 bits per heavy atom. The molecule has 0 fully saturated rings. The Balaban J connectivity index is 2.04. The first kappa shape index (κ1) is 19.5. The molecular weight excluding hydrogens is 330 g/mol. The molecule has 5 nitrogen and oxygen atoms in total. The van der Waals surface area contributed by atoms with Crippen molar-refractivity contribution in [3.63, 3.8) is 0 Å². The molecule has 0 bridgehead atoms. The molecule has 0 radical (unpaired) electrons. The predicted octanol–water partition coefficient (Wildman–Crippen LogP) is 4.08. The highest BCUT2D eigenvalue weighted by atomic mass is 16.5. The predicted molar refractivity (Wildman–Crippen MR) is 102 cm³/mol. The Morgan fingerprint density at radius 1 is 1.04 bits per heavy atom. The van der Waals surface area contributed by atoms with E-state index in [9.17, 15) is 9.59 Å².